The predicted molar refractivity (Wildman–Crippen MR) is 118 cm³/mol. The molecule has 3 aromatic rings. The second-order valence-electron chi connectivity index (χ2n) is 7.14. The minimum atomic E-state index is -3.40. The number of pyridine rings is 1. The first-order valence-electron chi connectivity index (χ1n) is 9.73. The van der Waals surface area contributed by atoms with Gasteiger partial charge in [-0.15, -0.1) is 0 Å². The van der Waals surface area contributed by atoms with Crippen molar-refractivity contribution in [2.75, 3.05) is 12.9 Å². The van der Waals surface area contributed by atoms with Crippen molar-refractivity contribution in [3.63, 3.8) is 0 Å². The van der Waals surface area contributed by atoms with Crippen LogP contribution in [0.1, 0.15) is 23.7 Å². The number of nitrogens with zero attached hydrogens (tertiary/aromatic N) is 1. The molecule has 1 aromatic heterocycles. The Morgan fingerprint density at radius 2 is 1.85 bits per heavy atom. The summed E-state index contributed by atoms with van der Waals surface area (Å²) in [4.78, 5) is 15.6. The van der Waals surface area contributed by atoms with E-state index in [1.54, 1.807) is 19.1 Å². The Hall–Kier alpha value is -2.98. The number of hydrogen-bond acceptors (Lipinski definition) is 6. The summed E-state index contributed by atoms with van der Waals surface area (Å²) < 4.78 is 60.6. The van der Waals surface area contributed by atoms with Gasteiger partial charge in [-0.05, 0) is 36.2 Å². The van der Waals surface area contributed by atoms with Crippen molar-refractivity contribution in [1.82, 2.24) is 4.98 Å². The molecule has 0 amide bonds. The summed E-state index contributed by atoms with van der Waals surface area (Å²) in [6.45, 7) is -2.10. The molecular formula is C22H20ClF2NO6S. The van der Waals surface area contributed by atoms with Crippen LogP contribution in [0.4, 0.5) is 8.78 Å². The lowest BCUT2D eigenvalue weighted by molar-refractivity contribution is -0.139. The predicted octanol–water partition coefficient (Wildman–Crippen LogP) is 4.51. The van der Waals surface area contributed by atoms with Crippen molar-refractivity contribution >= 4 is 38.3 Å². The number of hydrogen-bond donors (Lipinski definition) is 1. The van der Waals surface area contributed by atoms with Crippen LogP contribution in [0.3, 0.4) is 0 Å². The number of ether oxygens (including phenoxy) is 2. The van der Waals surface area contributed by atoms with Crippen molar-refractivity contribution in [2.45, 2.75) is 31.3 Å². The average Bonchev–Trinajstić information content (AvgIpc) is 2.74. The van der Waals surface area contributed by atoms with Gasteiger partial charge in [-0.25, -0.2) is 13.2 Å². The third-order valence-corrected chi connectivity index (χ3v) is 6.25. The number of halogens is 3. The number of aryl methyl sites for hydroxylation is 1. The van der Waals surface area contributed by atoms with Gasteiger partial charge in [0.1, 0.15) is 11.5 Å². The van der Waals surface area contributed by atoms with Gasteiger partial charge in [0.05, 0.1) is 20.8 Å². The maximum absolute atomic E-state index is 13.5. The molecule has 33 heavy (non-hydrogen) atoms. The smallest absolute Gasteiger partial charge is 0.387 e. The third kappa shape index (κ3) is 5.69. The molecular weight excluding hydrogens is 480 g/mol. The molecule has 0 aliphatic heterocycles. The number of alkyl halides is 2. The first-order valence-corrected chi connectivity index (χ1v) is 12.0. The van der Waals surface area contributed by atoms with E-state index in [1.807, 2.05) is 0 Å². The Morgan fingerprint density at radius 3 is 2.39 bits per heavy atom. The molecule has 1 N–H and O–H groups in total. The van der Waals surface area contributed by atoms with E-state index in [0.717, 1.165) is 6.26 Å². The van der Waals surface area contributed by atoms with Crippen molar-refractivity contribution < 1.29 is 36.6 Å². The number of benzene rings is 2. The minimum Gasteiger partial charge on any atom is -0.481 e. The van der Waals surface area contributed by atoms with Crippen molar-refractivity contribution in [2.24, 2.45) is 0 Å². The Bertz CT molecular complexity index is 1300. The molecule has 0 saturated carbocycles. The van der Waals surface area contributed by atoms with Crippen LogP contribution >= 0.6 is 11.6 Å². The molecule has 7 nitrogen and oxygen atoms in total. The van der Waals surface area contributed by atoms with Gasteiger partial charge in [-0.2, -0.15) is 8.78 Å². The van der Waals surface area contributed by atoms with Gasteiger partial charge in [0.15, 0.2) is 16.4 Å². The normalized spacial score (nSPS) is 11.7. The standard InChI is InChI=1S/C22H20ClF2NO6S/c1-3-16-14(10-12-4-6-13(7-5-12)33(2,29)30)21(32-22(24)25)19-17(31-11-18(27)28)9-8-15(23)20(19)26-16/h4-9,22H,3,10-11H2,1-2H3,(H,27,28). The molecule has 176 valence electrons. The van der Waals surface area contributed by atoms with Crippen LogP contribution in [0, 0.1) is 0 Å². The minimum absolute atomic E-state index is 0.0173. The van der Waals surface area contributed by atoms with Crippen LogP contribution in [0.5, 0.6) is 11.5 Å². The van der Waals surface area contributed by atoms with Crippen LogP contribution in [0.25, 0.3) is 10.9 Å². The van der Waals surface area contributed by atoms with E-state index < -0.39 is 29.0 Å². The molecule has 0 unspecified atom stereocenters. The lowest BCUT2D eigenvalue weighted by atomic mass is 9.98. The summed E-state index contributed by atoms with van der Waals surface area (Å²) in [6, 6.07) is 8.80. The van der Waals surface area contributed by atoms with E-state index in [9.17, 15) is 22.0 Å². The number of carbonyl (C=O) groups is 1. The first kappa shape index (κ1) is 24.7. The number of aliphatic carboxylic acids is 1. The zero-order valence-electron chi connectivity index (χ0n) is 17.6. The van der Waals surface area contributed by atoms with Crippen LogP contribution in [-0.2, 0) is 27.5 Å². The Kier molecular flexibility index (Phi) is 7.38. The van der Waals surface area contributed by atoms with Crippen molar-refractivity contribution in [3.8, 4) is 11.5 Å². The topological polar surface area (TPSA) is 103 Å². The van der Waals surface area contributed by atoms with E-state index in [4.69, 9.17) is 26.2 Å². The maximum Gasteiger partial charge on any atom is 0.387 e. The molecule has 0 atom stereocenters. The summed E-state index contributed by atoms with van der Waals surface area (Å²) >= 11 is 6.27. The highest BCUT2D eigenvalue weighted by Gasteiger charge is 2.24. The Balaban J connectivity index is 2.23. The molecule has 2 aromatic carbocycles. The highest BCUT2D eigenvalue weighted by atomic mass is 35.5. The summed E-state index contributed by atoms with van der Waals surface area (Å²) in [7, 11) is -3.40. The maximum atomic E-state index is 13.5. The van der Waals surface area contributed by atoms with Gasteiger partial charge in [-0.3, -0.25) is 4.98 Å². The van der Waals surface area contributed by atoms with Crippen molar-refractivity contribution in [1.29, 1.82) is 0 Å². The lowest BCUT2D eigenvalue weighted by Gasteiger charge is -2.19. The number of carboxylic acids is 1. The van der Waals surface area contributed by atoms with Gasteiger partial charge < -0.3 is 14.6 Å². The van der Waals surface area contributed by atoms with Gasteiger partial charge >= 0.3 is 12.6 Å². The zero-order valence-corrected chi connectivity index (χ0v) is 19.2. The third-order valence-electron chi connectivity index (χ3n) is 4.81. The zero-order chi connectivity index (χ0) is 24.3. The average molecular weight is 500 g/mol. The van der Waals surface area contributed by atoms with E-state index in [1.165, 1.54) is 24.3 Å². The highest BCUT2D eigenvalue weighted by Crippen LogP contribution is 2.42. The summed E-state index contributed by atoms with van der Waals surface area (Å²) in [5, 5.41) is 9.16. The first-order chi connectivity index (χ1) is 15.5. The number of rotatable bonds is 9. The van der Waals surface area contributed by atoms with Crippen LogP contribution in [0.2, 0.25) is 5.02 Å². The van der Waals surface area contributed by atoms with E-state index in [-0.39, 0.29) is 38.7 Å². The van der Waals surface area contributed by atoms with Crippen LogP contribution < -0.4 is 9.47 Å². The largest absolute Gasteiger partial charge is 0.481 e. The van der Waals surface area contributed by atoms with E-state index in [2.05, 4.69) is 4.98 Å². The number of aromatic nitrogens is 1. The lowest BCUT2D eigenvalue weighted by Crippen LogP contribution is -2.12. The van der Waals surface area contributed by atoms with E-state index in [0.29, 0.717) is 23.2 Å². The molecule has 0 saturated heterocycles. The number of carboxylic acid groups (broad SMARTS) is 1. The molecule has 1 heterocycles. The summed E-state index contributed by atoms with van der Waals surface area (Å²) in [5.74, 6) is -1.49. The SMILES string of the molecule is CCc1nc2c(Cl)ccc(OCC(=O)O)c2c(OC(F)F)c1Cc1ccc(S(C)(=O)=O)cc1. The van der Waals surface area contributed by atoms with Gasteiger partial charge in [-0.1, -0.05) is 30.7 Å². The second-order valence-corrected chi connectivity index (χ2v) is 9.57. The number of fused-ring (bicyclic) bond motifs is 1. The molecule has 0 aliphatic rings. The van der Waals surface area contributed by atoms with Gasteiger partial charge in [0, 0.05) is 23.9 Å². The fourth-order valence-corrected chi connectivity index (χ4v) is 4.20. The molecule has 11 heteroatoms. The fourth-order valence-electron chi connectivity index (χ4n) is 3.37. The van der Waals surface area contributed by atoms with Crippen molar-refractivity contribution in [3.05, 3.63) is 58.2 Å². The molecule has 0 fully saturated rings. The van der Waals surface area contributed by atoms with Gasteiger partial charge in [0.25, 0.3) is 0 Å². The monoisotopic (exact) mass is 499 g/mol. The second kappa shape index (κ2) is 9.88. The molecule has 0 aliphatic carbocycles. The van der Waals surface area contributed by atoms with E-state index >= 15 is 0 Å². The fraction of sp³-hybridized carbons (Fsp3) is 0.273. The summed E-state index contributed by atoms with van der Waals surface area (Å²) in [6.07, 6.45) is 1.55. The molecule has 0 spiro atoms. The van der Waals surface area contributed by atoms with Crippen LogP contribution in [0.15, 0.2) is 41.3 Å². The molecule has 0 radical (unpaired) electrons. The Morgan fingerprint density at radius 1 is 1.18 bits per heavy atom. The number of sulfone groups is 1. The van der Waals surface area contributed by atoms with Crippen LogP contribution in [-0.4, -0.2) is 44.0 Å². The summed E-state index contributed by atoms with van der Waals surface area (Å²) in [5.41, 5.74) is 1.55. The Labute approximate surface area is 193 Å². The highest BCUT2D eigenvalue weighted by molar-refractivity contribution is 7.90. The molecule has 0 bridgehead atoms. The molecule has 3 rings (SSSR count). The van der Waals surface area contributed by atoms with Gasteiger partial charge in [0.2, 0.25) is 0 Å². The quantitative estimate of drug-likeness (QED) is 0.462.